The van der Waals surface area contributed by atoms with Crippen LogP contribution in [-0.4, -0.2) is 15.8 Å². The number of fused-ring (bicyclic) bond motifs is 1. The number of non-ortho nitro benzene ring substituents is 1. The number of amides is 1. The molecule has 0 spiro atoms. The Hall–Kier alpha value is -3.21. The molecule has 0 saturated carbocycles. The van der Waals surface area contributed by atoms with Crippen molar-refractivity contribution in [3.8, 4) is 0 Å². The summed E-state index contributed by atoms with van der Waals surface area (Å²) in [4.78, 5) is 26.2. The number of hydrogen-bond donors (Lipinski definition) is 2. The Balaban J connectivity index is 2.00. The first-order valence-electron chi connectivity index (χ1n) is 7.40. The van der Waals surface area contributed by atoms with Gasteiger partial charge in [0.1, 0.15) is 15.4 Å². The number of halogens is 3. The standard InChI is InChI=1S/C16H11F3N4O3S/c1-7-5-10(16(17,18)19)22-15-11(7)12(20)13(27-15)14(24)21-8-3-2-4-9(6-8)23(25)26/h2-6H,20H2,1H3,(H,21,24). The molecule has 0 aliphatic carbocycles. The molecule has 0 fully saturated rings. The minimum atomic E-state index is -4.62. The third-order valence-electron chi connectivity index (χ3n) is 3.71. The van der Waals surface area contributed by atoms with Crippen molar-refractivity contribution in [1.29, 1.82) is 0 Å². The summed E-state index contributed by atoms with van der Waals surface area (Å²) in [5.41, 5.74) is 5.08. The fourth-order valence-corrected chi connectivity index (χ4v) is 3.58. The molecule has 0 aliphatic rings. The zero-order valence-corrected chi connectivity index (χ0v) is 14.4. The summed E-state index contributed by atoms with van der Waals surface area (Å²) in [7, 11) is 0. The third-order valence-corrected chi connectivity index (χ3v) is 4.81. The van der Waals surface area contributed by atoms with Crippen molar-refractivity contribution in [2.75, 3.05) is 11.1 Å². The highest BCUT2D eigenvalue weighted by Crippen LogP contribution is 2.38. The number of nitrogens with one attached hydrogen (secondary N) is 1. The largest absolute Gasteiger partial charge is 0.433 e. The van der Waals surface area contributed by atoms with Gasteiger partial charge >= 0.3 is 6.18 Å². The van der Waals surface area contributed by atoms with E-state index in [9.17, 15) is 28.1 Å². The predicted octanol–water partition coefficient (Wildman–Crippen LogP) is 4.37. The Labute approximate surface area is 153 Å². The molecule has 1 aromatic carbocycles. The number of alkyl halides is 3. The minimum Gasteiger partial charge on any atom is -0.397 e. The fraction of sp³-hybridized carbons (Fsp3) is 0.125. The van der Waals surface area contributed by atoms with Gasteiger partial charge in [-0.3, -0.25) is 14.9 Å². The number of hydrogen-bond acceptors (Lipinski definition) is 6. The summed E-state index contributed by atoms with van der Waals surface area (Å²) in [6.07, 6.45) is -4.62. The molecular formula is C16H11F3N4O3S. The second-order valence-electron chi connectivity index (χ2n) is 5.61. The van der Waals surface area contributed by atoms with Crippen molar-refractivity contribution in [2.45, 2.75) is 13.1 Å². The Bertz CT molecular complexity index is 1080. The highest BCUT2D eigenvalue weighted by atomic mass is 32.1. The van der Waals surface area contributed by atoms with E-state index in [-0.39, 0.29) is 37.7 Å². The van der Waals surface area contributed by atoms with Gasteiger partial charge in [-0.15, -0.1) is 11.3 Å². The second-order valence-corrected chi connectivity index (χ2v) is 6.61. The van der Waals surface area contributed by atoms with Gasteiger partial charge < -0.3 is 11.1 Å². The van der Waals surface area contributed by atoms with Gasteiger partial charge in [-0.25, -0.2) is 4.98 Å². The van der Waals surface area contributed by atoms with Gasteiger partial charge in [-0.05, 0) is 24.6 Å². The lowest BCUT2D eigenvalue weighted by atomic mass is 10.1. The molecule has 2 aromatic heterocycles. The van der Waals surface area contributed by atoms with E-state index in [4.69, 9.17) is 5.73 Å². The molecule has 27 heavy (non-hydrogen) atoms. The second kappa shape index (κ2) is 6.50. The summed E-state index contributed by atoms with van der Waals surface area (Å²) in [5.74, 6) is -0.691. The van der Waals surface area contributed by atoms with Gasteiger partial charge in [0.25, 0.3) is 11.6 Å². The van der Waals surface area contributed by atoms with E-state index >= 15 is 0 Å². The average Bonchev–Trinajstić information content (AvgIpc) is 2.91. The molecule has 0 bridgehead atoms. The predicted molar refractivity (Wildman–Crippen MR) is 94.8 cm³/mol. The first-order valence-corrected chi connectivity index (χ1v) is 8.22. The summed E-state index contributed by atoms with van der Waals surface area (Å²) >= 11 is 0.724. The number of aromatic nitrogens is 1. The molecule has 140 valence electrons. The lowest BCUT2D eigenvalue weighted by Gasteiger charge is -2.07. The van der Waals surface area contributed by atoms with Crippen LogP contribution in [0.15, 0.2) is 30.3 Å². The van der Waals surface area contributed by atoms with Crippen LogP contribution in [0.4, 0.5) is 30.2 Å². The molecule has 2 heterocycles. The van der Waals surface area contributed by atoms with Crippen molar-refractivity contribution in [3.63, 3.8) is 0 Å². The first-order chi connectivity index (χ1) is 12.6. The molecule has 0 atom stereocenters. The Morgan fingerprint density at radius 2 is 2.04 bits per heavy atom. The lowest BCUT2D eigenvalue weighted by Crippen LogP contribution is -2.12. The number of nitrogens with zero attached hydrogens (tertiary/aromatic N) is 2. The van der Waals surface area contributed by atoms with Crippen LogP contribution >= 0.6 is 11.3 Å². The van der Waals surface area contributed by atoms with E-state index in [0.717, 1.165) is 23.5 Å². The number of carbonyl (C=O) groups excluding carboxylic acids is 1. The van der Waals surface area contributed by atoms with Crippen molar-refractivity contribution in [2.24, 2.45) is 0 Å². The van der Waals surface area contributed by atoms with E-state index in [1.165, 1.54) is 25.1 Å². The van der Waals surface area contributed by atoms with Crippen LogP contribution in [0.1, 0.15) is 20.9 Å². The van der Waals surface area contributed by atoms with Crippen LogP contribution in [0.2, 0.25) is 0 Å². The molecule has 0 saturated heterocycles. The number of aryl methyl sites for hydroxylation is 1. The van der Waals surface area contributed by atoms with Crippen molar-refractivity contribution < 1.29 is 22.9 Å². The van der Waals surface area contributed by atoms with Crippen LogP contribution in [0.3, 0.4) is 0 Å². The van der Waals surface area contributed by atoms with E-state index < -0.39 is 22.7 Å². The number of benzene rings is 1. The van der Waals surface area contributed by atoms with Gasteiger partial charge in [0.2, 0.25) is 0 Å². The number of nitrogen functional groups attached to an aromatic ring is 1. The molecule has 3 aromatic rings. The smallest absolute Gasteiger partial charge is 0.397 e. The quantitative estimate of drug-likeness (QED) is 0.505. The summed E-state index contributed by atoms with van der Waals surface area (Å²) in [5, 5.41) is 13.5. The number of nitro benzene ring substituents is 1. The molecule has 3 rings (SSSR count). The van der Waals surface area contributed by atoms with Crippen LogP contribution in [0, 0.1) is 17.0 Å². The van der Waals surface area contributed by atoms with E-state index in [1.54, 1.807) is 0 Å². The van der Waals surface area contributed by atoms with Crippen LogP contribution in [0.25, 0.3) is 10.2 Å². The highest BCUT2D eigenvalue weighted by molar-refractivity contribution is 7.21. The lowest BCUT2D eigenvalue weighted by molar-refractivity contribution is -0.384. The van der Waals surface area contributed by atoms with Crippen molar-refractivity contribution in [1.82, 2.24) is 4.98 Å². The number of rotatable bonds is 3. The third kappa shape index (κ3) is 3.53. The maximum Gasteiger partial charge on any atom is 0.433 e. The van der Waals surface area contributed by atoms with Gasteiger partial charge in [0.15, 0.2) is 0 Å². The molecule has 7 nitrogen and oxygen atoms in total. The zero-order chi connectivity index (χ0) is 19.9. The number of nitrogens with two attached hydrogens (primary N) is 1. The van der Waals surface area contributed by atoms with Gasteiger partial charge in [-0.2, -0.15) is 13.2 Å². The molecule has 1 amide bonds. The molecule has 0 aliphatic heterocycles. The molecule has 0 radical (unpaired) electrons. The number of nitro groups is 1. The normalized spacial score (nSPS) is 11.6. The number of thiophene rings is 1. The molecule has 11 heteroatoms. The maximum absolute atomic E-state index is 12.9. The molecular weight excluding hydrogens is 385 g/mol. The first kappa shape index (κ1) is 18.6. The Morgan fingerprint density at radius 1 is 1.33 bits per heavy atom. The summed E-state index contributed by atoms with van der Waals surface area (Å²) < 4.78 is 38.8. The zero-order valence-electron chi connectivity index (χ0n) is 13.6. The Kier molecular flexibility index (Phi) is 4.47. The monoisotopic (exact) mass is 396 g/mol. The highest BCUT2D eigenvalue weighted by Gasteiger charge is 2.34. The van der Waals surface area contributed by atoms with Gasteiger partial charge in [0.05, 0.1) is 10.6 Å². The van der Waals surface area contributed by atoms with Crippen LogP contribution in [-0.2, 0) is 6.18 Å². The topological polar surface area (TPSA) is 111 Å². The van der Waals surface area contributed by atoms with E-state index in [2.05, 4.69) is 10.3 Å². The fourth-order valence-electron chi connectivity index (χ4n) is 2.51. The van der Waals surface area contributed by atoms with Crippen molar-refractivity contribution >= 4 is 44.5 Å². The minimum absolute atomic E-state index is 0.0102. The average molecular weight is 396 g/mol. The van der Waals surface area contributed by atoms with Crippen LogP contribution < -0.4 is 11.1 Å². The SMILES string of the molecule is Cc1cc(C(F)(F)F)nc2sc(C(=O)Nc3cccc([N+](=O)[O-])c3)c(N)c12. The van der Waals surface area contributed by atoms with Gasteiger partial charge in [-0.1, -0.05) is 6.07 Å². The number of anilines is 2. The number of pyridine rings is 1. The Morgan fingerprint density at radius 3 is 2.67 bits per heavy atom. The molecule has 0 unspecified atom stereocenters. The van der Waals surface area contributed by atoms with E-state index in [1.807, 2.05) is 0 Å². The van der Waals surface area contributed by atoms with Gasteiger partial charge in [0, 0.05) is 23.2 Å². The van der Waals surface area contributed by atoms with E-state index in [0.29, 0.717) is 0 Å². The summed E-state index contributed by atoms with van der Waals surface area (Å²) in [6.45, 7) is 1.45. The van der Waals surface area contributed by atoms with Crippen molar-refractivity contribution in [3.05, 3.63) is 56.6 Å². The molecule has 3 N–H and O–H groups in total. The summed E-state index contributed by atoms with van der Waals surface area (Å²) in [6, 6.07) is 6.12. The number of carbonyl (C=O) groups is 1. The maximum atomic E-state index is 12.9. The van der Waals surface area contributed by atoms with Crippen LogP contribution in [0.5, 0.6) is 0 Å².